The number of amides is 1. The molecule has 2 aliphatic rings. The Hall–Kier alpha value is -2.60. The summed E-state index contributed by atoms with van der Waals surface area (Å²) in [6, 6.07) is 12.2. The fourth-order valence-corrected chi connectivity index (χ4v) is 4.80. The summed E-state index contributed by atoms with van der Waals surface area (Å²) in [7, 11) is 1.63. The van der Waals surface area contributed by atoms with E-state index in [1.54, 1.807) is 7.11 Å². The van der Waals surface area contributed by atoms with Gasteiger partial charge in [-0.1, -0.05) is 25.0 Å². The van der Waals surface area contributed by atoms with Gasteiger partial charge in [0.25, 0.3) is 5.91 Å². The Labute approximate surface area is 178 Å². The van der Waals surface area contributed by atoms with Crippen LogP contribution in [0.3, 0.4) is 0 Å². The first-order valence-electron chi connectivity index (χ1n) is 11.1. The molecular weight excluding hydrogens is 376 g/mol. The number of carbonyl (C=O) groups is 1. The van der Waals surface area contributed by atoms with Gasteiger partial charge in [-0.2, -0.15) is 0 Å². The normalized spacial score (nSPS) is 18.4. The Morgan fingerprint density at radius 3 is 2.63 bits per heavy atom. The number of nitrogens with one attached hydrogen (secondary N) is 1. The number of hydrogen-bond acceptors (Lipinski definition) is 5. The molecule has 0 bridgehead atoms. The minimum Gasteiger partial charge on any atom is -0.497 e. The van der Waals surface area contributed by atoms with Crippen molar-refractivity contribution in [2.24, 2.45) is 0 Å². The standard InChI is InChI=1S/C24H32N4O2/c1-30-20-8-4-5-17(15-20)16-26-24(29)21-9-10-22(27-23(21)25)18-11-13-28(14-12-18)19-6-2-3-7-19/h4-5,8-10,15,18-19H,2-3,6-7,11-14,16H2,1H3,(H2,25,27)(H,26,29). The number of rotatable bonds is 6. The summed E-state index contributed by atoms with van der Waals surface area (Å²) in [6.45, 7) is 2.69. The van der Waals surface area contributed by atoms with Gasteiger partial charge in [0, 0.05) is 24.2 Å². The number of likely N-dealkylation sites (tertiary alicyclic amines) is 1. The van der Waals surface area contributed by atoms with Crippen molar-refractivity contribution in [3.05, 3.63) is 53.2 Å². The van der Waals surface area contributed by atoms with Crippen LogP contribution < -0.4 is 15.8 Å². The third-order valence-electron chi connectivity index (χ3n) is 6.57. The third kappa shape index (κ3) is 4.75. The SMILES string of the molecule is COc1cccc(CNC(=O)c2ccc(C3CCN(C4CCCC4)CC3)nc2N)c1. The molecule has 6 heteroatoms. The van der Waals surface area contributed by atoms with Crippen molar-refractivity contribution >= 4 is 11.7 Å². The number of nitrogens with zero attached hydrogens (tertiary/aromatic N) is 2. The van der Waals surface area contributed by atoms with Crippen LogP contribution >= 0.6 is 0 Å². The van der Waals surface area contributed by atoms with Gasteiger partial charge >= 0.3 is 0 Å². The molecule has 1 aliphatic carbocycles. The topological polar surface area (TPSA) is 80.5 Å². The first-order chi connectivity index (χ1) is 14.6. The van der Waals surface area contributed by atoms with E-state index in [1.165, 1.54) is 25.7 Å². The largest absolute Gasteiger partial charge is 0.497 e. The predicted molar refractivity (Wildman–Crippen MR) is 119 cm³/mol. The van der Waals surface area contributed by atoms with Gasteiger partial charge in [-0.3, -0.25) is 4.79 Å². The van der Waals surface area contributed by atoms with E-state index in [4.69, 9.17) is 10.5 Å². The number of hydrogen-bond donors (Lipinski definition) is 2. The van der Waals surface area contributed by atoms with Gasteiger partial charge in [0.2, 0.25) is 0 Å². The van der Waals surface area contributed by atoms with E-state index in [0.29, 0.717) is 23.8 Å². The molecule has 1 saturated heterocycles. The number of piperidine rings is 1. The van der Waals surface area contributed by atoms with Crippen molar-refractivity contribution < 1.29 is 9.53 Å². The molecule has 2 fully saturated rings. The summed E-state index contributed by atoms with van der Waals surface area (Å²) in [6.07, 6.45) is 7.70. The zero-order valence-electron chi connectivity index (χ0n) is 17.8. The molecule has 1 aromatic carbocycles. The Morgan fingerprint density at radius 2 is 1.93 bits per heavy atom. The highest BCUT2D eigenvalue weighted by molar-refractivity contribution is 5.98. The summed E-state index contributed by atoms with van der Waals surface area (Å²) >= 11 is 0. The molecule has 2 heterocycles. The molecule has 1 aliphatic heterocycles. The molecule has 0 spiro atoms. The lowest BCUT2D eigenvalue weighted by atomic mass is 9.91. The van der Waals surface area contributed by atoms with E-state index < -0.39 is 0 Å². The molecule has 0 atom stereocenters. The molecule has 0 unspecified atom stereocenters. The Kier molecular flexibility index (Phi) is 6.53. The zero-order valence-corrected chi connectivity index (χ0v) is 17.8. The number of nitrogen functional groups attached to an aromatic ring is 1. The second kappa shape index (κ2) is 9.47. The van der Waals surface area contributed by atoms with Gasteiger partial charge in [0.05, 0.1) is 12.7 Å². The number of aromatic nitrogens is 1. The Morgan fingerprint density at radius 1 is 1.17 bits per heavy atom. The number of carbonyl (C=O) groups excluding carboxylic acids is 1. The maximum atomic E-state index is 12.6. The fraction of sp³-hybridized carbons (Fsp3) is 0.500. The highest BCUT2D eigenvalue weighted by atomic mass is 16.5. The van der Waals surface area contributed by atoms with Crippen LogP contribution in [0, 0.1) is 0 Å². The van der Waals surface area contributed by atoms with Crippen LogP contribution in [0.4, 0.5) is 5.82 Å². The van der Waals surface area contributed by atoms with Crippen molar-refractivity contribution in [2.45, 2.75) is 57.0 Å². The molecule has 4 rings (SSSR count). The van der Waals surface area contributed by atoms with Crippen LogP contribution in [0.15, 0.2) is 36.4 Å². The third-order valence-corrected chi connectivity index (χ3v) is 6.57. The number of methoxy groups -OCH3 is 1. The van der Waals surface area contributed by atoms with E-state index in [-0.39, 0.29) is 5.91 Å². The Balaban J connectivity index is 1.34. The maximum Gasteiger partial charge on any atom is 0.255 e. The van der Waals surface area contributed by atoms with E-state index in [9.17, 15) is 4.79 Å². The average Bonchev–Trinajstić information content (AvgIpc) is 3.33. The lowest BCUT2D eigenvalue weighted by Crippen LogP contribution is -2.39. The maximum absolute atomic E-state index is 12.6. The fourth-order valence-electron chi connectivity index (χ4n) is 4.80. The number of anilines is 1. The van der Waals surface area contributed by atoms with Crippen LogP contribution in [-0.4, -0.2) is 42.0 Å². The molecular formula is C24H32N4O2. The molecule has 2 aromatic rings. The Bertz CT molecular complexity index is 871. The van der Waals surface area contributed by atoms with Gasteiger partial charge < -0.3 is 20.7 Å². The van der Waals surface area contributed by atoms with Crippen LogP contribution in [-0.2, 0) is 6.54 Å². The molecule has 1 aromatic heterocycles. The minimum absolute atomic E-state index is 0.203. The van der Waals surface area contributed by atoms with Gasteiger partial charge in [0.1, 0.15) is 11.6 Å². The van der Waals surface area contributed by atoms with Crippen molar-refractivity contribution in [2.75, 3.05) is 25.9 Å². The molecule has 1 saturated carbocycles. The summed E-state index contributed by atoms with van der Waals surface area (Å²) < 4.78 is 5.23. The molecule has 160 valence electrons. The zero-order chi connectivity index (χ0) is 20.9. The monoisotopic (exact) mass is 408 g/mol. The van der Waals surface area contributed by atoms with Gasteiger partial charge in [-0.25, -0.2) is 4.98 Å². The van der Waals surface area contributed by atoms with Crippen molar-refractivity contribution in [3.63, 3.8) is 0 Å². The first kappa shape index (κ1) is 20.7. The molecule has 0 radical (unpaired) electrons. The lowest BCUT2D eigenvalue weighted by molar-refractivity contribution is 0.0951. The van der Waals surface area contributed by atoms with Crippen molar-refractivity contribution in [3.8, 4) is 5.75 Å². The summed E-state index contributed by atoms with van der Waals surface area (Å²) in [4.78, 5) is 19.9. The molecule has 6 nitrogen and oxygen atoms in total. The van der Waals surface area contributed by atoms with E-state index >= 15 is 0 Å². The van der Waals surface area contributed by atoms with Crippen molar-refractivity contribution in [1.82, 2.24) is 15.2 Å². The van der Waals surface area contributed by atoms with E-state index in [2.05, 4.69) is 15.2 Å². The number of ether oxygens (including phenoxy) is 1. The van der Waals surface area contributed by atoms with Gasteiger partial charge in [-0.15, -0.1) is 0 Å². The second-order valence-corrected chi connectivity index (χ2v) is 8.45. The van der Waals surface area contributed by atoms with Gasteiger partial charge in [0.15, 0.2) is 0 Å². The highest BCUT2D eigenvalue weighted by Crippen LogP contribution is 2.32. The number of benzene rings is 1. The van der Waals surface area contributed by atoms with E-state index in [0.717, 1.165) is 49.0 Å². The first-order valence-corrected chi connectivity index (χ1v) is 11.1. The summed E-state index contributed by atoms with van der Waals surface area (Å²) in [5.41, 5.74) is 8.59. The summed E-state index contributed by atoms with van der Waals surface area (Å²) in [5, 5.41) is 2.92. The lowest BCUT2D eigenvalue weighted by Gasteiger charge is -2.35. The van der Waals surface area contributed by atoms with Crippen molar-refractivity contribution in [1.29, 1.82) is 0 Å². The van der Waals surface area contributed by atoms with Crippen LogP contribution in [0.1, 0.15) is 66.1 Å². The van der Waals surface area contributed by atoms with E-state index in [1.807, 2.05) is 36.4 Å². The minimum atomic E-state index is -0.203. The van der Waals surface area contributed by atoms with Crippen LogP contribution in [0.2, 0.25) is 0 Å². The quantitative estimate of drug-likeness (QED) is 0.761. The molecule has 30 heavy (non-hydrogen) atoms. The highest BCUT2D eigenvalue weighted by Gasteiger charge is 2.28. The second-order valence-electron chi connectivity index (χ2n) is 8.45. The number of nitrogens with two attached hydrogens (primary N) is 1. The van der Waals surface area contributed by atoms with Gasteiger partial charge in [-0.05, 0) is 68.6 Å². The average molecular weight is 409 g/mol. The smallest absolute Gasteiger partial charge is 0.255 e. The predicted octanol–water partition coefficient (Wildman–Crippen LogP) is 3.72. The molecule has 3 N–H and O–H groups in total. The van der Waals surface area contributed by atoms with Crippen LogP contribution in [0.25, 0.3) is 0 Å². The molecule has 1 amide bonds. The summed E-state index contributed by atoms with van der Waals surface area (Å²) in [5.74, 6) is 1.31. The van der Waals surface area contributed by atoms with Crippen LogP contribution in [0.5, 0.6) is 5.75 Å². The number of pyridine rings is 1.